The third-order valence-corrected chi connectivity index (χ3v) is 5.61. The van der Waals surface area contributed by atoms with Crippen molar-refractivity contribution in [2.75, 3.05) is 5.75 Å². The van der Waals surface area contributed by atoms with Gasteiger partial charge in [0.15, 0.2) is 5.16 Å². The van der Waals surface area contributed by atoms with E-state index in [-0.39, 0.29) is 29.0 Å². The molecule has 9 heteroatoms. The Labute approximate surface area is 170 Å². The molecule has 0 fully saturated rings. The van der Waals surface area contributed by atoms with E-state index >= 15 is 0 Å². The molecule has 0 aliphatic heterocycles. The first kappa shape index (κ1) is 20.1. The number of nitrogens with one attached hydrogen (secondary N) is 2. The highest BCUT2D eigenvalue weighted by atomic mass is 32.2. The van der Waals surface area contributed by atoms with Crippen LogP contribution in [0.2, 0.25) is 0 Å². The summed E-state index contributed by atoms with van der Waals surface area (Å²) in [6.07, 6.45) is 0. The van der Waals surface area contributed by atoms with Gasteiger partial charge in [0.25, 0.3) is 11.5 Å². The first-order valence-corrected chi connectivity index (χ1v) is 10.6. The maximum atomic E-state index is 12.8. The number of hydrazine groups is 1. The van der Waals surface area contributed by atoms with Gasteiger partial charge in [0.1, 0.15) is 0 Å². The number of fused-ring (bicyclic) bond motifs is 1. The quantitative estimate of drug-likeness (QED) is 0.366. The predicted octanol–water partition coefficient (Wildman–Crippen LogP) is 2.67. The lowest BCUT2D eigenvalue weighted by Gasteiger charge is -2.15. The Morgan fingerprint density at radius 3 is 2.68 bits per heavy atom. The van der Waals surface area contributed by atoms with Crippen LogP contribution in [0, 0.1) is 5.92 Å². The molecule has 3 rings (SSSR count). The van der Waals surface area contributed by atoms with Crippen molar-refractivity contribution < 1.29 is 9.59 Å². The summed E-state index contributed by atoms with van der Waals surface area (Å²) in [6.45, 7) is 4.54. The van der Waals surface area contributed by atoms with Crippen LogP contribution in [-0.4, -0.2) is 27.1 Å². The van der Waals surface area contributed by atoms with E-state index in [1.807, 2.05) is 26.0 Å². The average molecular weight is 417 g/mol. The second kappa shape index (κ2) is 9.03. The van der Waals surface area contributed by atoms with E-state index in [0.717, 1.165) is 0 Å². The molecule has 0 aliphatic rings. The summed E-state index contributed by atoms with van der Waals surface area (Å²) in [5.41, 5.74) is 5.24. The number of hydrogen-bond acceptors (Lipinski definition) is 6. The van der Waals surface area contributed by atoms with Gasteiger partial charge < -0.3 is 0 Å². The van der Waals surface area contributed by atoms with Crippen LogP contribution in [0.3, 0.4) is 0 Å². The second-order valence-electron chi connectivity index (χ2n) is 6.49. The van der Waals surface area contributed by atoms with Crippen LogP contribution in [0.15, 0.2) is 51.7 Å². The van der Waals surface area contributed by atoms with Gasteiger partial charge in [0, 0.05) is 6.54 Å². The molecule has 7 nitrogen and oxygen atoms in total. The number of benzene rings is 1. The van der Waals surface area contributed by atoms with E-state index in [4.69, 9.17) is 0 Å². The van der Waals surface area contributed by atoms with Crippen LogP contribution in [0.25, 0.3) is 10.9 Å². The number of para-hydroxylation sites is 1. The van der Waals surface area contributed by atoms with Gasteiger partial charge in [0.05, 0.1) is 21.5 Å². The van der Waals surface area contributed by atoms with Gasteiger partial charge in [-0.05, 0) is 29.5 Å². The molecule has 0 radical (unpaired) electrons. The van der Waals surface area contributed by atoms with Crippen LogP contribution >= 0.6 is 23.1 Å². The van der Waals surface area contributed by atoms with Gasteiger partial charge in [-0.25, -0.2) is 4.98 Å². The predicted molar refractivity (Wildman–Crippen MR) is 111 cm³/mol. The minimum atomic E-state index is -0.381. The summed E-state index contributed by atoms with van der Waals surface area (Å²) in [5.74, 6) is -0.477. The minimum absolute atomic E-state index is 0.0214. The van der Waals surface area contributed by atoms with Gasteiger partial charge in [-0.3, -0.25) is 29.8 Å². The Balaban J connectivity index is 1.71. The molecule has 2 amide bonds. The molecule has 0 saturated heterocycles. The number of amides is 2. The maximum Gasteiger partial charge on any atom is 0.279 e. The third-order valence-electron chi connectivity index (χ3n) is 3.77. The van der Waals surface area contributed by atoms with Crippen LogP contribution in [-0.2, 0) is 11.3 Å². The average Bonchev–Trinajstić information content (AvgIpc) is 3.21. The Kier molecular flexibility index (Phi) is 6.48. The van der Waals surface area contributed by atoms with Crippen molar-refractivity contribution in [3.63, 3.8) is 0 Å². The van der Waals surface area contributed by atoms with Crippen molar-refractivity contribution in [1.82, 2.24) is 20.4 Å². The highest BCUT2D eigenvalue weighted by Gasteiger charge is 2.15. The van der Waals surface area contributed by atoms with Gasteiger partial charge in [0.2, 0.25) is 5.91 Å². The van der Waals surface area contributed by atoms with E-state index in [1.165, 1.54) is 23.1 Å². The first-order valence-electron chi connectivity index (χ1n) is 8.70. The largest absolute Gasteiger partial charge is 0.287 e. The molecule has 0 unspecified atom stereocenters. The summed E-state index contributed by atoms with van der Waals surface area (Å²) in [4.78, 5) is 41.9. The van der Waals surface area contributed by atoms with E-state index in [9.17, 15) is 14.4 Å². The molecule has 3 aromatic rings. The van der Waals surface area contributed by atoms with Crippen LogP contribution in [0.5, 0.6) is 0 Å². The molecule has 146 valence electrons. The van der Waals surface area contributed by atoms with Crippen LogP contribution in [0.1, 0.15) is 23.5 Å². The molecular formula is C19H20N4O3S2. The standard InChI is InChI=1S/C19H20N4O3S2/c1-12(2)10-23-18(26)13-6-3-4-7-14(13)20-19(23)28-11-16(24)21-22-17(25)15-8-5-9-27-15/h3-9,12H,10-11H2,1-2H3,(H,21,24)(H,22,25). The topological polar surface area (TPSA) is 93.1 Å². The fourth-order valence-corrected chi connectivity index (χ4v) is 3.97. The second-order valence-corrected chi connectivity index (χ2v) is 8.38. The van der Waals surface area contributed by atoms with Crippen LogP contribution in [0.4, 0.5) is 0 Å². The maximum absolute atomic E-state index is 12.8. The molecule has 0 saturated carbocycles. The summed E-state index contributed by atoms with van der Waals surface area (Å²) < 4.78 is 1.61. The first-order chi connectivity index (χ1) is 13.5. The molecule has 2 N–H and O–H groups in total. The Morgan fingerprint density at radius 2 is 1.96 bits per heavy atom. The number of carbonyl (C=O) groups excluding carboxylic acids is 2. The van der Waals surface area contributed by atoms with Gasteiger partial charge in [-0.15, -0.1) is 11.3 Å². The fourth-order valence-electron chi connectivity index (χ4n) is 2.55. The van der Waals surface area contributed by atoms with E-state index in [0.29, 0.717) is 27.5 Å². The zero-order valence-electron chi connectivity index (χ0n) is 15.5. The number of nitrogens with zero attached hydrogens (tertiary/aromatic N) is 2. The number of aromatic nitrogens is 2. The van der Waals surface area contributed by atoms with Gasteiger partial charge in [-0.2, -0.15) is 0 Å². The highest BCUT2D eigenvalue weighted by Crippen LogP contribution is 2.18. The van der Waals surface area contributed by atoms with Crippen molar-refractivity contribution >= 4 is 45.8 Å². The van der Waals surface area contributed by atoms with Crippen molar-refractivity contribution in [3.05, 3.63) is 57.0 Å². The lowest BCUT2D eigenvalue weighted by molar-refractivity contribution is -0.119. The summed E-state index contributed by atoms with van der Waals surface area (Å²) in [6, 6.07) is 10.6. The molecule has 0 spiro atoms. The normalized spacial score (nSPS) is 11.0. The van der Waals surface area contributed by atoms with Gasteiger partial charge >= 0.3 is 0 Å². The third kappa shape index (κ3) is 4.79. The van der Waals surface area contributed by atoms with Crippen molar-refractivity contribution in [1.29, 1.82) is 0 Å². The monoisotopic (exact) mass is 416 g/mol. The molecule has 28 heavy (non-hydrogen) atoms. The molecule has 1 aromatic carbocycles. The molecule has 0 bridgehead atoms. The number of thioether (sulfide) groups is 1. The zero-order chi connectivity index (χ0) is 20.1. The molecule has 2 aromatic heterocycles. The van der Waals surface area contributed by atoms with E-state index in [1.54, 1.807) is 34.2 Å². The minimum Gasteiger partial charge on any atom is -0.287 e. The molecular weight excluding hydrogens is 396 g/mol. The summed E-state index contributed by atoms with van der Waals surface area (Å²) in [5, 5.41) is 2.82. The Morgan fingerprint density at radius 1 is 1.18 bits per heavy atom. The number of thiophene rings is 1. The lowest BCUT2D eigenvalue weighted by atomic mass is 10.2. The van der Waals surface area contributed by atoms with E-state index in [2.05, 4.69) is 15.8 Å². The van der Waals surface area contributed by atoms with Crippen molar-refractivity contribution in [3.8, 4) is 0 Å². The summed E-state index contributed by atoms with van der Waals surface area (Å²) in [7, 11) is 0. The number of rotatable bonds is 6. The smallest absolute Gasteiger partial charge is 0.279 e. The number of hydrogen-bond donors (Lipinski definition) is 2. The number of carbonyl (C=O) groups is 2. The van der Waals surface area contributed by atoms with Gasteiger partial charge in [-0.1, -0.05) is 43.8 Å². The summed E-state index contributed by atoms with van der Waals surface area (Å²) >= 11 is 2.45. The van der Waals surface area contributed by atoms with Crippen molar-refractivity contribution in [2.24, 2.45) is 5.92 Å². The zero-order valence-corrected chi connectivity index (χ0v) is 17.1. The Bertz CT molecular complexity index is 1050. The Hall–Kier alpha value is -2.65. The highest BCUT2D eigenvalue weighted by molar-refractivity contribution is 7.99. The molecule has 0 atom stereocenters. The lowest BCUT2D eigenvalue weighted by Crippen LogP contribution is -2.42. The van der Waals surface area contributed by atoms with E-state index < -0.39 is 0 Å². The van der Waals surface area contributed by atoms with Crippen LogP contribution < -0.4 is 16.4 Å². The SMILES string of the molecule is CC(C)Cn1c(SCC(=O)NNC(=O)c2cccs2)nc2ccccc2c1=O. The fraction of sp³-hybridized carbons (Fsp3) is 0.263. The van der Waals surface area contributed by atoms with Crippen molar-refractivity contribution in [2.45, 2.75) is 25.5 Å². The molecule has 0 aliphatic carbocycles. The molecule has 2 heterocycles.